The van der Waals surface area contributed by atoms with E-state index in [1.807, 2.05) is 18.2 Å². The number of halogens is 1. The van der Waals surface area contributed by atoms with Gasteiger partial charge in [-0.05, 0) is 12.1 Å². The molecule has 3 aromatic heterocycles. The molecule has 24 heavy (non-hydrogen) atoms. The van der Waals surface area contributed by atoms with Gasteiger partial charge in [0.25, 0.3) is 0 Å². The average molecular weight is 328 g/mol. The van der Waals surface area contributed by atoms with Crippen LogP contribution in [0, 0.1) is 0 Å². The van der Waals surface area contributed by atoms with Crippen LogP contribution in [0.4, 0.5) is 10.2 Å². The van der Waals surface area contributed by atoms with Crippen LogP contribution in [-0.4, -0.2) is 46.0 Å². The Kier molecular flexibility index (Phi) is 3.53. The van der Waals surface area contributed by atoms with E-state index in [1.54, 1.807) is 23.9 Å². The van der Waals surface area contributed by atoms with Gasteiger partial charge in [-0.15, -0.1) is 5.10 Å². The maximum atomic E-state index is 13.9. The van der Waals surface area contributed by atoms with Gasteiger partial charge >= 0.3 is 0 Å². The number of anilines is 1. The molecule has 2 atom stereocenters. The number of hydrogen-bond donors (Lipinski definition) is 2. The highest BCUT2D eigenvalue weighted by molar-refractivity contribution is 5.62. The first-order chi connectivity index (χ1) is 11.7. The monoisotopic (exact) mass is 328 g/mol. The topological polar surface area (TPSA) is 90.4 Å². The lowest BCUT2D eigenvalue weighted by atomic mass is 9.97. The lowest BCUT2D eigenvalue weighted by Crippen LogP contribution is -2.14. The highest BCUT2D eigenvalue weighted by Gasteiger charge is 2.30. The Bertz CT molecular complexity index is 895. The van der Waals surface area contributed by atoms with Crippen molar-refractivity contribution in [2.75, 3.05) is 25.9 Å². The second-order valence-corrected chi connectivity index (χ2v) is 5.74. The molecule has 8 heteroatoms. The van der Waals surface area contributed by atoms with Crippen LogP contribution in [0.1, 0.15) is 11.5 Å². The molecule has 0 unspecified atom stereocenters. The van der Waals surface area contributed by atoms with Crippen molar-refractivity contribution >= 4 is 11.5 Å². The van der Waals surface area contributed by atoms with Gasteiger partial charge in [0, 0.05) is 30.6 Å². The zero-order chi connectivity index (χ0) is 16.7. The van der Waals surface area contributed by atoms with Crippen molar-refractivity contribution in [1.82, 2.24) is 24.9 Å². The van der Waals surface area contributed by atoms with E-state index in [2.05, 4.69) is 20.4 Å². The molecule has 1 fully saturated rings. The van der Waals surface area contributed by atoms with Gasteiger partial charge in [0.1, 0.15) is 17.7 Å². The molecular formula is C16H17FN6O. The summed E-state index contributed by atoms with van der Waals surface area (Å²) in [6.45, 7) is 0.920. The first-order valence-corrected chi connectivity index (χ1v) is 7.67. The van der Waals surface area contributed by atoms with Gasteiger partial charge in [0.2, 0.25) is 5.88 Å². The number of nitrogen functional groups attached to an aromatic ring is 1. The number of hydrogen-bond acceptors (Lipinski definition) is 6. The van der Waals surface area contributed by atoms with Crippen LogP contribution in [0.5, 0.6) is 5.88 Å². The Morgan fingerprint density at radius 3 is 2.88 bits per heavy atom. The van der Waals surface area contributed by atoms with E-state index in [1.165, 1.54) is 0 Å². The summed E-state index contributed by atoms with van der Waals surface area (Å²) < 4.78 is 20.7. The second-order valence-electron chi connectivity index (χ2n) is 5.74. The number of fused-ring (bicyclic) bond motifs is 1. The predicted octanol–water partition coefficient (Wildman–Crippen LogP) is 1.41. The quantitative estimate of drug-likeness (QED) is 0.755. The molecular weight excluding hydrogens is 311 g/mol. The van der Waals surface area contributed by atoms with Crippen molar-refractivity contribution in [2.45, 2.75) is 12.1 Å². The van der Waals surface area contributed by atoms with Gasteiger partial charge in [-0.25, -0.2) is 18.9 Å². The number of nitrogens with one attached hydrogen (secondary N) is 1. The summed E-state index contributed by atoms with van der Waals surface area (Å²) in [5.41, 5.74) is 8.83. The molecule has 1 saturated heterocycles. The third-order valence-corrected chi connectivity index (χ3v) is 4.31. The van der Waals surface area contributed by atoms with Gasteiger partial charge in [-0.3, -0.25) is 0 Å². The van der Waals surface area contributed by atoms with E-state index in [0.29, 0.717) is 41.8 Å². The van der Waals surface area contributed by atoms with E-state index in [0.717, 1.165) is 5.56 Å². The minimum Gasteiger partial charge on any atom is -0.480 e. The highest BCUT2D eigenvalue weighted by atomic mass is 19.1. The third kappa shape index (κ3) is 2.35. The number of nitrogens with zero attached hydrogens (tertiary/aromatic N) is 4. The van der Waals surface area contributed by atoms with Gasteiger partial charge < -0.3 is 15.8 Å². The molecule has 124 valence electrons. The molecule has 4 heterocycles. The fourth-order valence-corrected chi connectivity index (χ4v) is 3.03. The van der Waals surface area contributed by atoms with Crippen molar-refractivity contribution in [3.63, 3.8) is 0 Å². The van der Waals surface area contributed by atoms with Crippen LogP contribution < -0.4 is 15.8 Å². The van der Waals surface area contributed by atoms with Gasteiger partial charge in [-0.1, -0.05) is 6.07 Å². The maximum Gasteiger partial charge on any atom is 0.231 e. The van der Waals surface area contributed by atoms with Crippen LogP contribution in [0.2, 0.25) is 0 Å². The highest BCUT2D eigenvalue weighted by Crippen LogP contribution is 2.30. The molecule has 7 nitrogen and oxygen atoms in total. The van der Waals surface area contributed by atoms with E-state index >= 15 is 0 Å². The summed E-state index contributed by atoms with van der Waals surface area (Å²) >= 11 is 0. The van der Waals surface area contributed by atoms with Crippen LogP contribution in [0.15, 0.2) is 30.5 Å². The number of ether oxygens (including phenoxy) is 1. The lowest BCUT2D eigenvalue weighted by molar-refractivity contribution is 0.332. The Morgan fingerprint density at radius 1 is 1.29 bits per heavy atom. The Balaban J connectivity index is 1.76. The molecule has 4 rings (SSSR count). The minimum atomic E-state index is -0.943. The fraction of sp³-hybridized carbons (Fsp3) is 0.312. The average Bonchev–Trinajstić information content (AvgIpc) is 3.20. The van der Waals surface area contributed by atoms with Gasteiger partial charge in [0.15, 0.2) is 5.65 Å². The summed E-state index contributed by atoms with van der Waals surface area (Å²) in [4.78, 5) is 8.75. The predicted molar refractivity (Wildman–Crippen MR) is 87.7 cm³/mol. The minimum absolute atomic E-state index is 0.257. The van der Waals surface area contributed by atoms with Crippen molar-refractivity contribution in [3.05, 3.63) is 36.0 Å². The van der Waals surface area contributed by atoms with E-state index < -0.39 is 6.17 Å². The lowest BCUT2D eigenvalue weighted by Gasteiger charge is -2.14. The first-order valence-electron chi connectivity index (χ1n) is 7.67. The van der Waals surface area contributed by atoms with Crippen molar-refractivity contribution in [1.29, 1.82) is 0 Å². The molecule has 0 aliphatic carbocycles. The number of pyridine rings is 1. The van der Waals surface area contributed by atoms with Crippen LogP contribution in [-0.2, 0) is 0 Å². The van der Waals surface area contributed by atoms with Crippen LogP contribution >= 0.6 is 0 Å². The largest absolute Gasteiger partial charge is 0.480 e. The maximum absolute atomic E-state index is 13.9. The zero-order valence-corrected chi connectivity index (χ0v) is 13.1. The van der Waals surface area contributed by atoms with Gasteiger partial charge in [0.05, 0.1) is 19.0 Å². The Morgan fingerprint density at radius 2 is 2.17 bits per heavy atom. The Labute approximate surface area is 137 Å². The molecule has 1 aliphatic heterocycles. The summed E-state index contributed by atoms with van der Waals surface area (Å²) in [6, 6.07) is 7.21. The molecule has 3 aromatic rings. The van der Waals surface area contributed by atoms with Crippen LogP contribution in [0.3, 0.4) is 0 Å². The number of alkyl halides is 1. The van der Waals surface area contributed by atoms with Crippen molar-refractivity contribution < 1.29 is 9.13 Å². The summed E-state index contributed by atoms with van der Waals surface area (Å²) in [6.07, 6.45) is 0.736. The smallest absolute Gasteiger partial charge is 0.231 e. The molecule has 0 radical (unpaired) electrons. The molecule has 0 aromatic carbocycles. The number of methoxy groups -OCH3 is 1. The first kappa shape index (κ1) is 14.8. The number of rotatable bonds is 3. The fourth-order valence-electron chi connectivity index (χ4n) is 3.03. The summed E-state index contributed by atoms with van der Waals surface area (Å²) in [7, 11) is 1.55. The zero-order valence-electron chi connectivity index (χ0n) is 13.1. The molecule has 0 spiro atoms. The van der Waals surface area contributed by atoms with E-state index in [4.69, 9.17) is 10.5 Å². The SMILES string of the molecule is COc1ccc2ncc(-c3ccc([C@H]4CNC[C@H]4F)c(N)n3)n2n1. The summed E-state index contributed by atoms with van der Waals surface area (Å²) in [5, 5.41) is 7.38. The molecule has 0 saturated carbocycles. The molecule has 3 N–H and O–H groups in total. The molecule has 1 aliphatic rings. The second kappa shape index (κ2) is 5.72. The van der Waals surface area contributed by atoms with E-state index in [-0.39, 0.29) is 5.92 Å². The normalized spacial score (nSPS) is 20.6. The number of imidazole rings is 1. The number of aromatic nitrogens is 4. The van der Waals surface area contributed by atoms with Crippen molar-refractivity contribution in [2.24, 2.45) is 0 Å². The number of nitrogens with two attached hydrogens (primary N) is 1. The van der Waals surface area contributed by atoms with Gasteiger partial charge in [-0.2, -0.15) is 0 Å². The molecule has 0 bridgehead atoms. The van der Waals surface area contributed by atoms with Crippen LogP contribution in [0.25, 0.3) is 17.0 Å². The Hall–Kier alpha value is -2.74. The standard InChI is InChI=1S/C16H17FN6O/c1-24-15-5-4-14-20-8-13(23(14)22-15)12-3-2-9(16(18)21-12)10-6-19-7-11(10)17/h2-5,8,10-11,19H,6-7H2,1H3,(H2,18,21)/t10-,11-/m1/s1. The summed E-state index contributed by atoms with van der Waals surface area (Å²) in [5.74, 6) is 0.553. The molecule has 0 amide bonds. The van der Waals surface area contributed by atoms with Crippen molar-refractivity contribution in [3.8, 4) is 17.3 Å². The van der Waals surface area contributed by atoms with E-state index in [9.17, 15) is 4.39 Å². The third-order valence-electron chi connectivity index (χ3n) is 4.31.